The lowest BCUT2D eigenvalue weighted by atomic mass is 10.1. The summed E-state index contributed by atoms with van der Waals surface area (Å²) in [5.74, 6) is -1.84. The van der Waals surface area contributed by atoms with Gasteiger partial charge < -0.3 is 11.1 Å². The van der Waals surface area contributed by atoms with Crippen molar-refractivity contribution in [2.75, 3.05) is 11.1 Å². The van der Waals surface area contributed by atoms with Crippen LogP contribution in [0.15, 0.2) is 36.4 Å². The minimum Gasteiger partial charge on any atom is -0.397 e. The Labute approximate surface area is 109 Å². The maximum absolute atomic E-state index is 13.6. The van der Waals surface area contributed by atoms with Gasteiger partial charge in [-0.3, -0.25) is 4.79 Å². The molecule has 0 unspecified atom stereocenters. The number of halogens is 2. The third-order valence-electron chi connectivity index (χ3n) is 2.63. The van der Waals surface area contributed by atoms with Crippen LogP contribution in [-0.2, 0) is 0 Å². The fourth-order valence-electron chi connectivity index (χ4n) is 1.63. The molecule has 0 saturated heterocycles. The number of rotatable bonds is 2. The summed E-state index contributed by atoms with van der Waals surface area (Å²) >= 11 is 0. The van der Waals surface area contributed by atoms with Gasteiger partial charge in [-0.05, 0) is 42.8 Å². The SMILES string of the molecule is Cc1ccc(C(=O)Nc2cc(F)ccc2N)c(F)c1. The van der Waals surface area contributed by atoms with Crippen LogP contribution in [0.2, 0.25) is 0 Å². The molecule has 19 heavy (non-hydrogen) atoms. The molecule has 0 aliphatic rings. The minimum atomic E-state index is -0.671. The summed E-state index contributed by atoms with van der Waals surface area (Å²) < 4.78 is 26.7. The van der Waals surface area contributed by atoms with E-state index in [1.54, 1.807) is 13.0 Å². The van der Waals surface area contributed by atoms with Gasteiger partial charge in [-0.2, -0.15) is 0 Å². The van der Waals surface area contributed by atoms with Crippen molar-refractivity contribution in [3.63, 3.8) is 0 Å². The average Bonchev–Trinajstić information content (AvgIpc) is 2.33. The van der Waals surface area contributed by atoms with E-state index in [0.717, 1.165) is 6.07 Å². The van der Waals surface area contributed by atoms with Crippen molar-refractivity contribution in [3.8, 4) is 0 Å². The largest absolute Gasteiger partial charge is 0.397 e. The molecule has 0 aliphatic carbocycles. The molecular formula is C14H12F2N2O. The average molecular weight is 262 g/mol. The number of nitrogen functional groups attached to an aromatic ring is 1. The quantitative estimate of drug-likeness (QED) is 0.817. The second-order valence-electron chi connectivity index (χ2n) is 4.17. The second kappa shape index (κ2) is 5.06. The Morgan fingerprint density at radius 1 is 1.16 bits per heavy atom. The second-order valence-corrected chi connectivity index (χ2v) is 4.17. The number of carbonyl (C=O) groups excluding carboxylic acids is 1. The van der Waals surface area contributed by atoms with Crippen molar-refractivity contribution in [2.45, 2.75) is 6.92 Å². The number of aryl methyl sites for hydroxylation is 1. The molecule has 2 aromatic carbocycles. The maximum Gasteiger partial charge on any atom is 0.258 e. The number of nitrogens with one attached hydrogen (secondary N) is 1. The van der Waals surface area contributed by atoms with Crippen molar-refractivity contribution in [3.05, 3.63) is 59.2 Å². The first-order valence-electron chi connectivity index (χ1n) is 5.60. The van der Waals surface area contributed by atoms with E-state index in [0.29, 0.717) is 5.56 Å². The highest BCUT2D eigenvalue weighted by Crippen LogP contribution is 2.20. The highest BCUT2D eigenvalue weighted by atomic mass is 19.1. The molecule has 2 aromatic rings. The number of nitrogens with two attached hydrogens (primary N) is 1. The van der Waals surface area contributed by atoms with Crippen LogP contribution in [0.25, 0.3) is 0 Å². The first kappa shape index (κ1) is 13.0. The summed E-state index contributed by atoms with van der Waals surface area (Å²) in [7, 11) is 0. The van der Waals surface area contributed by atoms with Crippen molar-refractivity contribution in [2.24, 2.45) is 0 Å². The van der Waals surface area contributed by atoms with Gasteiger partial charge in [0.05, 0.1) is 16.9 Å². The highest BCUT2D eigenvalue weighted by Gasteiger charge is 2.13. The van der Waals surface area contributed by atoms with Gasteiger partial charge in [-0.25, -0.2) is 8.78 Å². The molecule has 0 spiro atoms. The number of amides is 1. The Hall–Kier alpha value is -2.43. The lowest BCUT2D eigenvalue weighted by Gasteiger charge is -2.09. The molecule has 3 N–H and O–H groups in total. The first-order chi connectivity index (χ1) is 8.97. The molecule has 98 valence electrons. The Morgan fingerprint density at radius 2 is 1.89 bits per heavy atom. The van der Waals surface area contributed by atoms with Crippen molar-refractivity contribution < 1.29 is 13.6 Å². The molecule has 2 rings (SSSR count). The van der Waals surface area contributed by atoms with Crippen molar-refractivity contribution in [1.29, 1.82) is 0 Å². The fraction of sp³-hybridized carbons (Fsp3) is 0.0714. The van der Waals surface area contributed by atoms with Gasteiger partial charge >= 0.3 is 0 Å². The van der Waals surface area contributed by atoms with Crippen LogP contribution in [0, 0.1) is 18.6 Å². The number of carbonyl (C=O) groups is 1. The number of benzene rings is 2. The smallest absolute Gasteiger partial charge is 0.258 e. The van der Waals surface area contributed by atoms with E-state index in [1.165, 1.54) is 24.3 Å². The van der Waals surface area contributed by atoms with E-state index in [-0.39, 0.29) is 16.9 Å². The lowest BCUT2D eigenvalue weighted by molar-refractivity contribution is 0.102. The zero-order chi connectivity index (χ0) is 14.0. The van der Waals surface area contributed by atoms with Gasteiger partial charge in [-0.1, -0.05) is 6.07 Å². The molecule has 0 aromatic heterocycles. The lowest BCUT2D eigenvalue weighted by Crippen LogP contribution is -2.15. The predicted octanol–water partition coefficient (Wildman–Crippen LogP) is 3.11. The Kier molecular flexibility index (Phi) is 3.46. The molecule has 3 nitrogen and oxygen atoms in total. The van der Waals surface area contributed by atoms with Crippen LogP contribution in [0.4, 0.5) is 20.2 Å². The predicted molar refractivity (Wildman–Crippen MR) is 69.9 cm³/mol. The molecule has 0 fully saturated rings. The summed E-state index contributed by atoms with van der Waals surface area (Å²) in [6, 6.07) is 7.83. The van der Waals surface area contributed by atoms with Crippen LogP contribution in [-0.4, -0.2) is 5.91 Å². The van der Waals surface area contributed by atoms with E-state index in [4.69, 9.17) is 5.73 Å². The monoisotopic (exact) mass is 262 g/mol. The Morgan fingerprint density at radius 3 is 2.58 bits per heavy atom. The molecule has 0 saturated carbocycles. The Bertz CT molecular complexity index is 641. The van der Waals surface area contributed by atoms with Crippen LogP contribution < -0.4 is 11.1 Å². The molecule has 0 heterocycles. The molecule has 0 aliphatic heterocycles. The zero-order valence-corrected chi connectivity index (χ0v) is 10.2. The molecule has 0 radical (unpaired) electrons. The zero-order valence-electron chi connectivity index (χ0n) is 10.2. The summed E-state index contributed by atoms with van der Waals surface area (Å²) in [6.45, 7) is 1.72. The third kappa shape index (κ3) is 2.88. The Balaban J connectivity index is 2.28. The number of anilines is 2. The van der Waals surface area contributed by atoms with E-state index < -0.39 is 17.5 Å². The summed E-state index contributed by atoms with van der Waals surface area (Å²) in [4.78, 5) is 11.9. The third-order valence-corrected chi connectivity index (χ3v) is 2.63. The van der Waals surface area contributed by atoms with Gasteiger partial charge in [0.15, 0.2) is 0 Å². The molecule has 1 amide bonds. The van der Waals surface area contributed by atoms with Gasteiger partial charge in [0, 0.05) is 0 Å². The fourth-order valence-corrected chi connectivity index (χ4v) is 1.63. The van der Waals surface area contributed by atoms with Crippen LogP contribution >= 0.6 is 0 Å². The standard InChI is InChI=1S/C14H12F2N2O/c1-8-2-4-10(11(16)6-8)14(19)18-13-7-9(15)3-5-12(13)17/h2-7H,17H2,1H3,(H,18,19). The summed E-state index contributed by atoms with van der Waals surface area (Å²) in [6.07, 6.45) is 0. The van der Waals surface area contributed by atoms with Gasteiger partial charge in [0.1, 0.15) is 11.6 Å². The van der Waals surface area contributed by atoms with Gasteiger partial charge in [-0.15, -0.1) is 0 Å². The van der Waals surface area contributed by atoms with E-state index >= 15 is 0 Å². The highest BCUT2D eigenvalue weighted by molar-refractivity contribution is 6.05. The van der Waals surface area contributed by atoms with Crippen LogP contribution in [0.5, 0.6) is 0 Å². The van der Waals surface area contributed by atoms with Crippen molar-refractivity contribution in [1.82, 2.24) is 0 Å². The van der Waals surface area contributed by atoms with Crippen LogP contribution in [0.1, 0.15) is 15.9 Å². The summed E-state index contributed by atoms with van der Waals surface area (Å²) in [5.41, 5.74) is 6.52. The molecule has 5 heteroatoms. The molecule has 0 bridgehead atoms. The number of hydrogen-bond acceptors (Lipinski definition) is 2. The topological polar surface area (TPSA) is 55.1 Å². The van der Waals surface area contributed by atoms with Gasteiger partial charge in [0.2, 0.25) is 0 Å². The van der Waals surface area contributed by atoms with E-state index in [9.17, 15) is 13.6 Å². The number of hydrogen-bond donors (Lipinski definition) is 2. The van der Waals surface area contributed by atoms with Gasteiger partial charge in [0.25, 0.3) is 5.91 Å². The van der Waals surface area contributed by atoms with Crippen LogP contribution in [0.3, 0.4) is 0 Å². The van der Waals surface area contributed by atoms with E-state index in [2.05, 4.69) is 5.32 Å². The molecular weight excluding hydrogens is 250 g/mol. The minimum absolute atomic E-state index is 0.116. The summed E-state index contributed by atoms with van der Waals surface area (Å²) in [5, 5.41) is 2.38. The molecule has 0 atom stereocenters. The first-order valence-corrected chi connectivity index (χ1v) is 5.60. The van der Waals surface area contributed by atoms with E-state index in [1.807, 2.05) is 0 Å². The normalized spacial score (nSPS) is 10.3. The van der Waals surface area contributed by atoms with Crippen molar-refractivity contribution >= 4 is 17.3 Å². The maximum atomic E-state index is 13.6.